The highest BCUT2D eigenvalue weighted by Crippen LogP contribution is 2.44. The molecule has 4 N–H and O–H groups in total. The van der Waals surface area contributed by atoms with Gasteiger partial charge in [0.25, 0.3) is 17.9 Å². The van der Waals surface area contributed by atoms with Crippen LogP contribution < -0.4 is 11.1 Å². The molecule has 1 aromatic heterocycles. The number of amides is 1. The highest BCUT2D eigenvalue weighted by atomic mass is 35.5. The van der Waals surface area contributed by atoms with Gasteiger partial charge in [0.15, 0.2) is 5.60 Å². The number of pyridine rings is 1. The van der Waals surface area contributed by atoms with E-state index in [1.807, 2.05) is 6.07 Å². The largest absolute Gasteiger partial charge is 0.453 e. The summed E-state index contributed by atoms with van der Waals surface area (Å²) in [5.41, 5.74) is 2.47. The van der Waals surface area contributed by atoms with Crippen LogP contribution >= 0.6 is 11.6 Å². The van der Waals surface area contributed by atoms with E-state index >= 15 is 8.78 Å². The lowest BCUT2D eigenvalue weighted by Crippen LogP contribution is -2.50. The number of ether oxygens (including phenoxy) is 1. The Morgan fingerprint density at radius 1 is 1.39 bits per heavy atom. The zero-order valence-electron chi connectivity index (χ0n) is 16.8. The van der Waals surface area contributed by atoms with E-state index in [1.165, 1.54) is 12.1 Å². The van der Waals surface area contributed by atoms with Gasteiger partial charge in [0.05, 0.1) is 16.5 Å². The van der Waals surface area contributed by atoms with Gasteiger partial charge in [-0.05, 0) is 43.7 Å². The number of hydrogen-bond acceptors (Lipinski definition) is 5. The molecule has 31 heavy (non-hydrogen) atoms. The highest BCUT2D eigenvalue weighted by molar-refractivity contribution is 6.34. The molecule has 164 valence electrons. The summed E-state index contributed by atoms with van der Waals surface area (Å²) in [6, 6.07) is 5.36. The van der Waals surface area contributed by atoms with Crippen molar-refractivity contribution in [2.75, 3.05) is 5.32 Å². The number of alkyl halides is 2. The second kappa shape index (κ2) is 8.81. The number of rotatable bonds is 6. The van der Waals surface area contributed by atoms with Crippen LogP contribution in [0, 0.1) is 22.6 Å². The van der Waals surface area contributed by atoms with E-state index in [1.54, 1.807) is 0 Å². The maximum absolute atomic E-state index is 15.0. The van der Waals surface area contributed by atoms with Gasteiger partial charge in [-0.2, -0.15) is 5.26 Å². The van der Waals surface area contributed by atoms with E-state index < -0.39 is 35.2 Å². The molecule has 0 bridgehead atoms. The Hall–Kier alpha value is -3.32. The van der Waals surface area contributed by atoms with Crippen molar-refractivity contribution >= 4 is 29.2 Å². The number of nitrogens with two attached hydrogens (primary N) is 1. The summed E-state index contributed by atoms with van der Waals surface area (Å²) in [4.78, 5) is 16.2. The molecule has 1 atom stereocenters. The zero-order chi connectivity index (χ0) is 23.6. The normalized spacial score (nSPS) is 12.6. The summed E-state index contributed by atoms with van der Waals surface area (Å²) in [5.74, 6) is -7.03. The monoisotopic (exact) mass is 453 g/mol. The molecular formula is C20H19ClF3N5O2. The molecular weight excluding hydrogens is 435 g/mol. The molecule has 2 aromatic rings. The van der Waals surface area contributed by atoms with E-state index in [9.17, 15) is 9.18 Å². The van der Waals surface area contributed by atoms with Crippen molar-refractivity contribution in [1.29, 1.82) is 10.7 Å². The van der Waals surface area contributed by atoms with Gasteiger partial charge >= 0.3 is 0 Å². The summed E-state index contributed by atoms with van der Waals surface area (Å²) in [6.07, 6.45) is 1.15. The average molecular weight is 454 g/mol. The Morgan fingerprint density at radius 2 is 2.03 bits per heavy atom. The Kier molecular flexibility index (Phi) is 6.81. The van der Waals surface area contributed by atoms with Crippen LogP contribution in [0.15, 0.2) is 30.5 Å². The topological polar surface area (TPSA) is 125 Å². The number of amidine groups is 1. The minimum Gasteiger partial charge on any atom is -0.453 e. The molecule has 0 radical (unpaired) electrons. The third kappa shape index (κ3) is 5.06. The second-order valence-corrected chi connectivity index (χ2v) is 7.59. The van der Waals surface area contributed by atoms with Crippen molar-refractivity contribution in [2.45, 2.75) is 38.2 Å². The average Bonchev–Trinajstić information content (AvgIpc) is 2.67. The van der Waals surface area contributed by atoms with Crippen molar-refractivity contribution in [2.24, 2.45) is 5.73 Å². The van der Waals surface area contributed by atoms with Crippen molar-refractivity contribution in [3.8, 4) is 6.07 Å². The van der Waals surface area contributed by atoms with Crippen LogP contribution in [0.25, 0.3) is 0 Å². The van der Waals surface area contributed by atoms with Gasteiger partial charge < -0.3 is 15.8 Å². The first-order valence-corrected chi connectivity index (χ1v) is 9.25. The van der Waals surface area contributed by atoms with Crippen LogP contribution in [-0.2, 0) is 4.74 Å². The molecule has 0 saturated heterocycles. The number of nitrogens with zero attached hydrogens (tertiary/aromatic N) is 2. The van der Waals surface area contributed by atoms with E-state index in [4.69, 9.17) is 32.7 Å². The number of carbonyl (C=O) groups excluding carboxylic acids is 1. The van der Waals surface area contributed by atoms with E-state index in [0.29, 0.717) is 0 Å². The number of aromatic nitrogens is 1. The van der Waals surface area contributed by atoms with Crippen molar-refractivity contribution < 1.29 is 22.7 Å². The zero-order valence-corrected chi connectivity index (χ0v) is 17.5. The minimum atomic E-state index is -3.64. The fourth-order valence-electron chi connectivity index (χ4n) is 2.87. The molecule has 0 saturated carbocycles. The van der Waals surface area contributed by atoms with Crippen molar-refractivity contribution in [1.82, 2.24) is 4.98 Å². The molecule has 0 aliphatic carbocycles. The number of benzene rings is 1. The van der Waals surface area contributed by atoms with Gasteiger partial charge in [-0.25, -0.2) is 18.2 Å². The molecule has 11 heteroatoms. The molecule has 1 amide bonds. The molecule has 0 unspecified atom stereocenters. The van der Waals surface area contributed by atoms with Gasteiger partial charge in [0, 0.05) is 11.9 Å². The second-order valence-electron chi connectivity index (χ2n) is 7.18. The van der Waals surface area contributed by atoms with Crippen molar-refractivity contribution in [3.63, 3.8) is 0 Å². The molecule has 0 aliphatic heterocycles. The summed E-state index contributed by atoms with van der Waals surface area (Å²) in [5, 5.41) is 18.3. The van der Waals surface area contributed by atoms with Crippen LogP contribution in [0.5, 0.6) is 0 Å². The molecule has 0 spiro atoms. The minimum absolute atomic E-state index is 0.0246. The Balaban J connectivity index is 2.34. The van der Waals surface area contributed by atoms with Gasteiger partial charge in [-0.3, -0.25) is 10.2 Å². The number of carbonyl (C=O) groups is 1. The predicted molar refractivity (Wildman–Crippen MR) is 109 cm³/mol. The number of nitriles is 1. The lowest BCUT2D eigenvalue weighted by molar-refractivity contribution is -0.167. The molecule has 2 rings (SSSR count). The molecule has 0 aliphatic rings. The predicted octanol–water partition coefficient (Wildman–Crippen LogP) is 4.43. The van der Waals surface area contributed by atoms with E-state index in [2.05, 4.69) is 10.3 Å². The van der Waals surface area contributed by atoms with Crippen LogP contribution in [0.3, 0.4) is 0 Å². The summed E-state index contributed by atoms with van der Waals surface area (Å²) in [7, 11) is 0. The third-order valence-corrected chi connectivity index (χ3v) is 4.91. The standard InChI is InChI=1S/C20H19ClF3N5O2/c1-10(20(23,24)19(2,3)31-18(26)27)13-7-12(4-5-15(13)22)29-17(30)16-14(21)6-11(8-25)9-28-16/h4-7,9-10H,1-3H3,(H3,26,27)(H,29,30)/t10-/m0/s1. The Bertz CT molecular complexity index is 1070. The van der Waals surface area contributed by atoms with Crippen LogP contribution in [0.2, 0.25) is 5.02 Å². The van der Waals surface area contributed by atoms with Gasteiger partial charge in [0.1, 0.15) is 17.6 Å². The first-order valence-electron chi connectivity index (χ1n) is 8.87. The fourth-order valence-corrected chi connectivity index (χ4v) is 3.12. The summed E-state index contributed by atoms with van der Waals surface area (Å²) >= 11 is 5.95. The number of halogens is 4. The SMILES string of the molecule is C[C@@H](c1cc(NC(=O)c2ncc(C#N)cc2Cl)ccc1F)C(F)(F)C(C)(C)OC(=N)N. The van der Waals surface area contributed by atoms with Gasteiger partial charge in [-0.1, -0.05) is 18.5 Å². The van der Waals surface area contributed by atoms with Crippen LogP contribution in [-0.4, -0.2) is 28.4 Å². The molecule has 1 heterocycles. The summed E-state index contributed by atoms with van der Waals surface area (Å²) in [6.45, 7) is 3.16. The van der Waals surface area contributed by atoms with Gasteiger partial charge in [-0.15, -0.1) is 0 Å². The third-order valence-electron chi connectivity index (χ3n) is 4.62. The first kappa shape index (κ1) is 24.0. The molecule has 1 aromatic carbocycles. The molecule has 0 fully saturated rings. The van der Waals surface area contributed by atoms with E-state index in [-0.39, 0.29) is 27.5 Å². The Morgan fingerprint density at radius 3 is 2.58 bits per heavy atom. The first-order chi connectivity index (χ1) is 14.3. The number of anilines is 1. The van der Waals surface area contributed by atoms with Gasteiger partial charge in [0.2, 0.25) is 0 Å². The Labute approximate surface area is 181 Å². The van der Waals surface area contributed by atoms with Crippen molar-refractivity contribution in [3.05, 3.63) is 58.1 Å². The van der Waals surface area contributed by atoms with Crippen LogP contribution in [0.4, 0.5) is 18.9 Å². The molecule has 7 nitrogen and oxygen atoms in total. The van der Waals surface area contributed by atoms with Crippen LogP contribution in [0.1, 0.15) is 48.3 Å². The lowest BCUT2D eigenvalue weighted by Gasteiger charge is -2.37. The van der Waals surface area contributed by atoms with E-state index in [0.717, 1.165) is 39.1 Å². The smallest absolute Gasteiger partial charge is 0.292 e. The highest BCUT2D eigenvalue weighted by Gasteiger charge is 2.54. The maximum atomic E-state index is 15.0. The quantitative estimate of drug-likeness (QED) is 0.441. The number of hydrogen-bond donors (Lipinski definition) is 3. The number of nitrogens with one attached hydrogen (secondary N) is 2. The fraction of sp³-hybridized carbons (Fsp3) is 0.300. The maximum Gasteiger partial charge on any atom is 0.292 e. The lowest BCUT2D eigenvalue weighted by atomic mass is 9.84. The summed E-state index contributed by atoms with van der Waals surface area (Å²) < 4.78 is 49.2.